The van der Waals surface area contributed by atoms with Crippen LogP contribution in [0.5, 0.6) is 0 Å². The third kappa shape index (κ3) is 5.84. The molecular formula is C21H25N3O4. The number of ether oxygens (including phenoxy) is 1. The normalized spacial score (nSPS) is 10.7. The van der Waals surface area contributed by atoms with Crippen LogP contribution >= 0.6 is 0 Å². The summed E-state index contributed by atoms with van der Waals surface area (Å²) < 4.78 is 4.80. The minimum absolute atomic E-state index is 0.00811. The molecular weight excluding hydrogens is 358 g/mol. The van der Waals surface area contributed by atoms with Crippen LogP contribution in [0.25, 0.3) is 0 Å². The molecule has 0 saturated heterocycles. The Morgan fingerprint density at radius 1 is 0.893 bits per heavy atom. The Kier molecular flexibility index (Phi) is 6.76. The first-order valence-electron chi connectivity index (χ1n) is 8.96. The number of hydrogen-bond donors (Lipinski definition) is 3. The van der Waals surface area contributed by atoms with Crippen molar-refractivity contribution in [2.45, 2.75) is 33.1 Å². The van der Waals surface area contributed by atoms with Gasteiger partial charge in [-0.05, 0) is 48.2 Å². The molecule has 3 N–H and O–H groups in total. The highest BCUT2D eigenvalue weighted by Gasteiger charge is 2.15. The van der Waals surface area contributed by atoms with E-state index in [2.05, 4.69) is 36.9 Å². The lowest BCUT2D eigenvalue weighted by atomic mass is 9.87. The molecule has 0 aliphatic carbocycles. The fourth-order valence-corrected chi connectivity index (χ4v) is 2.40. The summed E-state index contributed by atoms with van der Waals surface area (Å²) in [6, 6.07) is 13.5. The molecule has 0 unspecified atom stereocenters. The summed E-state index contributed by atoms with van der Waals surface area (Å²) in [6.07, 6.45) is -0.605. The number of hydrazine groups is 1. The van der Waals surface area contributed by atoms with Crippen LogP contribution in [0.4, 0.5) is 10.5 Å². The molecule has 0 bridgehead atoms. The molecule has 0 aliphatic heterocycles. The van der Waals surface area contributed by atoms with E-state index in [1.54, 1.807) is 37.3 Å². The van der Waals surface area contributed by atoms with E-state index >= 15 is 0 Å². The highest BCUT2D eigenvalue weighted by Crippen LogP contribution is 2.22. The van der Waals surface area contributed by atoms with Crippen LogP contribution in [0.2, 0.25) is 0 Å². The number of nitrogens with one attached hydrogen (secondary N) is 3. The van der Waals surface area contributed by atoms with Gasteiger partial charge in [0.1, 0.15) is 0 Å². The molecule has 0 radical (unpaired) electrons. The SMILES string of the molecule is CCOC(=O)Nc1cccc(C(=O)NNC(=O)c2ccc(C(C)(C)C)cc2)c1. The van der Waals surface area contributed by atoms with Crippen LogP contribution in [0, 0.1) is 0 Å². The Labute approximate surface area is 164 Å². The van der Waals surface area contributed by atoms with Crippen LogP contribution in [0.1, 0.15) is 54.0 Å². The summed E-state index contributed by atoms with van der Waals surface area (Å²) in [7, 11) is 0. The largest absolute Gasteiger partial charge is 0.450 e. The predicted molar refractivity (Wildman–Crippen MR) is 107 cm³/mol. The Morgan fingerprint density at radius 3 is 2.07 bits per heavy atom. The summed E-state index contributed by atoms with van der Waals surface area (Å²) in [5.41, 5.74) is 6.98. The van der Waals surface area contributed by atoms with Crippen molar-refractivity contribution in [3.05, 3.63) is 65.2 Å². The van der Waals surface area contributed by atoms with Crippen molar-refractivity contribution in [3.8, 4) is 0 Å². The average molecular weight is 383 g/mol. The number of hydrogen-bond acceptors (Lipinski definition) is 4. The topological polar surface area (TPSA) is 96.5 Å². The number of rotatable bonds is 4. The second-order valence-electron chi connectivity index (χ2n) is 7.16. The van der Waals surface area contributed by atoms with Crippen LogP contribution in [0.3, 0.4) is 0 Å². The third-order valence-corrected chi connectivity index (χ3v) is 3.95. The van der Waals surface area contributed by atoms with E-state index in [9.17, 15) is 14.4 Å². The van der Waals surface area contributed by atoms with Gasteiger partial charge in [-0.15, -0.1) is 0 Å². The van der Waals surface area contributed by atoms with Gasteiger partial charge in [0, 0.05) is 16.8 Å². The third-order valence-electron chi connectivity index (χ3n) is 3.95. The van der Waals surface area contributed by atoms with E-state index in [0.29, 0.717) is 11.3 Å². The van der Waals surface area contributed by atoms with Gasteiger partial charge in [0.15, 0.2) is 0 Å². The van der Waals surface area contributed by atoms with Crippen LogP contribution in [-0.4, -0.2) is 24.5 Å². The van der Waals surface area contributed by atoms with Gasteiger partial charge in [0.2, 0.25) is 0 Å². The van der Waals surface area contributed by atoms with Crippen molar-refractivity contribution in [3.63, 3.8) is 0 Å². The van der Waals surface area contributed by atoms with Crippen molar-refractivity contribution in [1.29, 1.82) is 0 Å². The van der Waals surface area contributed by atoms with Gasteiger partial charge in [-0.3, -0.25) is 25.8 Å². The van der Waals surface area contributed by atoms with Crippen molar-refractivity contribution >= 4 is 23.6 Å². The first-order chi connectivity index (χ1) is 13.2. The Balaban J connectivity index is 1.96. The van der Waals surface area contributed by atoms with Gasteiger partial charge < -0.3 is 4.74 Å². The highest BCUT2D eigenvalue weighted by atomic mass is 16.5. The second-order valence-corrected chi connectivity index (χ2v) is 7.16. The molecule has 0 aromatic heterocycles. The Hall–Kier alpha value is -3.35. The van der Waals surface area contributed by atoms with Gasteiger partial charge in [-0.25, -0.2) is 4.79 Å². The summed E-state index contributed by atoms with van der Waals surface area (Å²) in [6.45, 7) is 8.21. The maximum absolute atomic E-state index is 12.3. The lowest BCUT2D eigenvalue weighted by Gasteiger charge is -2.19. The minimum Gasteiger partial charge on any atom is -0.450 e. The maximum Gasteiger partial charge on any atom is 0.411 e. The van der Waals surface area contributed by atoms with Crippen molar-refractivity contribution in [1.82, 2.24) is 10.9 Å². The van der Waals surface area contributed by atoms with Crippen LogP contribution < -0.4 is 16.2 Å². The molecule has 2 rings (SSSR count). The van der Waals surface area contributed by atoms with E-state index in [1.165, 1.54) is 6.07 Å². The van der Waals surface area contributed by atoms with Gasteiger partial charge in [0.05, 0.1) is 6.61 Å². The zero-order valence-corrected chi connectivity index (χ0v) is 16.5. The molecule has 2 aromatic rings. The smallest absolute Gasteiger partial charge is 0.411 e. The summed E-state index contributed by atoms with van der Waals surface area (Å²) >= 11 is 0. The molecule has 7 nitrogen and oxygen atoms in total. The number of anilines is 1. The zero-order chi connectivity index (χ0) is 20.7. The summed E-state index contributed by atoms with van der Waals surface area (Å²) in [4.78, 5) is 35.9. The van der Waals surface area contributed by atoms with Crippen molar-refractivity contribution in [2.75, 3.05) is 11.9 Å². The Bertz CT molecular complexity index is 855. The van der Waals surface area contributed by atoms with E-state index in [-0.39, 0.29) is 17.6 Å². The molecule has 2 aromatic carbocycles. The standard InChI is InChI=1S/C21H25N3O4/c1-5-28-20(27)22-17-8-6-7-15(13-17)19(26)24-23-18(25)14-9-11-16(12-10-14)21(2,3)4/h6-13H,5H2,1-4H3,(H,22,27)(H,23,25)(H,24,26). The molecule has 148 valence electrons. The summed E-state index contributed by atoms with van der Waals surface area (Å²) in [5, 5.41) is 2.52. The monoisotopic (exact) mass is 383 g/mol. The first kappa shape index (κ1) is 21.0. The molecule has 0 aliphatic rings. The van der Waals surface area contributed by atoms with Crippen molar-refractivity contribution < 1.29 is 19.1 Å². The van der Waals surface area contributed by atoms with E-state index < -0.39 is 17.9 Å². The average Bonchev–Trinajstić information content (AvgIpc) is 2.65. The molecule has 3 amide bonds. The van der Waals surface area contributed by atoms with E-state index in [4.69, 9.17) is 4.74 Å². The lowest BCUT2D eigenvalue weighted by Crippen LogP contribution is -2.41. The minimum atomic E-state index is -0.605. The van der Waals surface area contributed by atoms with Gasteiger partial charge in [-0.2, -0.15) is 0 Å². The van der Waals surface area contributed by atoms with Gasteiger partial charge in [0.25, 0.3) is 11.8 Å². The Morgan fingerprint density at radius 2 is 1.50 bits per heavy atom. The molecule has 0 saturated carbocycles. The van der Waals surface area contributed by atoms with Crippen molar-refractivity contribution in [2.24, 2.45) is 0 Å². The van der Waals surface area contributed by atoms with E-state index in [1.807, 2.05) is 12.1 Å². The first-order valence-corrected chi connectivity index (χ1v) is 8.96. The number of benzene rings is 2. The molecule has 28 heavy (non-hydrogen) atoms. The predicted octanol–water partition coefficient (Wildman–Crippen LogP) is 3.63. The van der Waals surface area contributed by atoms with Crippen LogP contribution in [0.15, 0.2) is 48.5 Å². The number of carbonyl (C=O) groups excluding carboxylic acids is 3. The van der Waals surface area contributed by atoms with Crippen LogP contribution in [-0.2, 0) is 10.2 Å². The fourth-order valence-electron chi connectivity index (χ4n) is 2.40. The highest BCUT2D eigenvalue weighted by molar-refractivity contribution is 6.00. The van der Waals surface area contributed by atoms with E-state index in [0.717, 1.165) is 5.56 Å². The fraction of sp³-hybridized carbons (Fsp3) is 0.286. The molecule has 0 spiro atoms. The molecule has 0 heterocycles. The maximum atomic E-state index is 12.3. The van der Waals surface area contributed by atoms with Gasteiger partial charge in [-0.1, -0.05) is 39.0 Å². The molecule has 0 fully saturated rings. The molecule has 7 heteroatoms. The lowest BCUT2D eigenvalue weighted by molar-refractivity contribution is 0.0846. The number of carbonyl (C=O) groups is 3. The van der Waals surface area contributed by atoms with Gasteiger partial charge >= 0.3 is 6.09 Å². The summed E-state index contributed by atoms with van der Waals surface area (Å²) in [5.74, 6) is -0.929. The molecule has 0 atom stereocenters. The quantitative estimate of drug-likeness (QED) is 0.703. The second kappa shape index (κ2) is 9.03. The zero-order valence-electron chi connectivity index (χ0n) is 16.5. The number of amides is 3.